The minimum absolute atomic E-state index is 0.105. The molecule has 1 saturated heterocycles. The predicted molar refractivity (Wildman–Crippen MR) is 56.3 cm³/mol. The lowest BCUT2D eigenvalue weighted by Crippen LogP contribution is -2.49. The van der Waals surface area contributed by atoms with Crippen LogP contribution in [0.4, 0.5) is 4.79 Å². The quantitative estimate of drug-likeness (QED) is 0.694. The van der Waals surface area contributed by atoms with Crippen molar-refractivity contribution in [3.8, 4) is 0 Å². The highest BCUT2D eigenvalue weighted by molar-refractivity contribution is 6.07. The van der Waals surface area contributed by atoms with Gasteiger partial charge in [0.05, 0.1) is 0 Å². The SMILES string of the molecule is CCCC[C@H]1CCC[C@]12NC(=O)NC2=O. The maximum absolute atomic E-state index is 11.8. The van der Waals surface area contributed by atoms with Gasteiger partial charge < -0.3 is 5.32 Å². The molecule has 4 nitrogen and oxygen atoms in total. The molecule has 1 saturated carbocycles. The summed E-state index contributed by atoms with van der Waals surface area (Å²) in [5.74, 6) is 0.231. The minimum atomic E-state index is -0.563. The van der Waals surface area contributed by atoms with Crippen LogP contribution >= 0.6 is 0 Å². The molecule has 0 radical (unpaired) electrons. The molecule has 1 aliphatic heterocycles. The van der Waals surface area contributed by atoms with Crippen LogP contribution < -0.4 is 10.6 Å². The van der Waals surface area contributed by atoms with E-state index in [0.717, 1.165) is 38.5 Å². The Labute approximate surface area is 89.8 Å². The fourth-order valence-electron chi connectivity index (χ4n) is 2.89. The van der Waals surface area contributed by atoms with Gasteiger partial charge in [-0.25, -0.2) is 4.79 Å². The second-order valence-electron chi connectivity index (χ2n) is 4.61. The van der Waals surface area contributed by atoms with Crippen molar-refractivity contribution in [2.45, 2.75) is 51.0 Å². The molecule has 2 aliphatic rings. The van der Waals surface area contributed by atoms with E-state index < -0.39 is 5.54 Å². The van der Waals surface area contributed by atoms with Crippen LogP contribution in [0.2, 0.25) is 0 Å². The third-order valence-electron chi connectivity index (χ3n) is 3.70. The Morgan fingerprint density at radius 1 is 1.47 bits per heavy atom. The van der Waals surface area contributed by atoms with Gasteiger partial charge in [-0.3, -0.25) is 10.1 Å². The van der Waals surface area contributed by atoms with Crippen LogP contribution in [0.1, 0.15) is 45.4 Å². The van der Waals surface area contributed by atoms with E-state index in [4.69, 9.17) is 0 Å². The highest BCUT2D eigenvalue weighted by atomic mass is 16.2. The van der Waals surface area contributed by atoms with Gasteiger partial charge in [0, 0.05) is 0 Å². The van der Waals surface area contributed by atoms with E-state index in [1.165, 1.54) is 0 Å². The van der Waals surface area contributed by atoms with E-state index >= 15 is 0 Å². The van der Waals surface area contributed by atoms with Crippen molar-refractivity contribution in [3.63, 3.8) is 0 Å². The van der Waals surface area contributed by atoms with E-state index in [2.05, 4.69) is 17.6 Å². The molecule has 0 aromatic carbocycles. The zero-order valence-corrected chi connectivity index (χ0v) is 9.14. The molecular formula is C11H18N2O2. The fourth-order valence-corrected chi connectivity index (χ4v) is 2.89. The van der Waals surface area contributed by atoms with Crippen LogP contribution in [0.15, 0.2) is 0 Å². The number of rotatable bonds is 3. The van der Waals surface area contributed by atoms with E-state index in [0.29, 0.717) is 5.92 Å². The monoisotopic (exact) mass is 210 g/mol. The van der Waals surface area contributed by atoms with E-state index in [1.807, 2.05) is 0 Å². The fraction of sp³-hybridized carbons (Fsp3) is 0.818. The van der Waals surface area contributed by atoms with E-state index in [1.54, 1.807) is 0 Å². The standard InChI is InChI=1S/C11H18N2O2/c1-2-3-5-8-6-4-7-11(8)9(14)12-10(15)13-11/h8H,2-7H2,1H3,(H2,12,13,14,15)/t8-,11-/m0/s1. The van der Waals surface area contributed by atoms with Crippen molar-refractivity contribution in [3.05, 3.63) is 0 Å². The van der Waals surface area contributed by atoms with Gasteiger partial charge in [0.2, 0.25) is 0 Å². The molecule has 0 aromatic heterocycles. The first-order chi connectivity index (χ1) is 7.19. The molecule has 1 heterocycles. The first kappa shape index (κ1) is 10.5. The molecule has 2 atom stereocenters. The Balaban J connectivity index is 2.11. The molecule has 0 unspecified atom stereocenters. The summed E-state index contributed by atoms with van der Waals surface area (Å²) in [5.41, 5.74) is -0.563. The summed E-state index contributed by atoms with van der Waals surface area (Å²) in [6, 6.07) is -0.316. The van der Waals surface area contributed by atoms with Gasteiger partial charge in [-0.1, -0.05) is 26.2 Å². The smallest absolute Gasteiger partial charge is 0.322 e. The summed E-state index contributed by atoms with van der Waals surface area (Å²) in [7, 11) is 0. The molecule has 3 amide bonds. The number of nitrogens with one attached hydrogen (secondary N) is 2. The number of imide groups is 1. The molecule has 1 spiro atoms. The number of hydrogen-bond donors (Lipinski definition) is 2. The third kappa shape index (κ3) is 1.62. The van der Waals surface area contributed by atoms with Crippen LogP contribution in [0.3, 0.4) is 0 Å². The largest absolute Gasteiger partial charge is 0.323 e. The summed E-state index contributed by atoms with van der Waals surface area (Å²) in [5, 5.41) is 5.21. The van der Waals surface area contributed by atoms with Gasteiger partial charge >= 0.3 is 6.03 Å². The summed E-state index contributed by atoms with van der Waals surface area (Å²) >= 11 is 0. The zero-order valence-electron chi connectivity index (χ0n) is 9.14. The number of unbranched alkanes of at least 4 members (excludes halogenated alkanes) is 1. The number of hydrogen-bond acceptors (Lipinski definition) is 2. The molecule has 0 aromatic rings. The normalized spacial score (nSPS) is 34.6. The van der Waals surface area contributed by atoms with E-state index in [-0.39, 0.29) is 11.9 Å². The number of urea groups is 1. The van der Waals surface area contributed by atoms with Gasteiger partial charge in [-0.2, -0.15) is 0 Å². The van der Waals surface area contributed by atoms with Crippen LogP contribution in [0.5, 0.6) is 0 Å². The van der Waals surface area contributed by atoms with Crippen LogP contribution in [0.25, 0.3) is 0 Å². The summed E-state index contributed by atoms with van der Waals surface area (Å²) < 4.78 is 0. The lowest BCUT2D eigenvalue weighted by atomic mass is 9.83. The van der Waals surface area contributed by atoms with Gasteiger partial charge in [0.25, 0.3) is 5.91 Å². The predicted octanol–water partition coefficient (Wildman–Crippen LogP) is 1.55. The first-order valence-corrected chi connectivity index (χ1v) is 5.82. The lowest BCUT2D eigenvalue weighted by Gasteiger charge is -2.27. The molecule has 1 aliphatic carbocycles. The van der Waals surface area contributed by atoms with E-state index in [9.17, 15) is 9.59 Å². The van der Waals surface area contributed by atoms with Crippen molar-refractivity contribution in [1.29, 1.82) is 0 Å². The number of amides is 3. The molecule has 2 N–H and O–H groups in total. The molecular weight excluding hydrogens is 192 g/mol. The first-order valence-electron chi connectivity index (χ1n) is 5.82. The van der Waals surface area contributed by atoms with Crippen molar-refractivity contribution in [2.75, 3.05) is 0 Å². The summed E-state index contributed by atoms with van der Waals surface area (Å²) in [6.07, 6.45) is 6.23. The molecule has 2 rings (SSSR count). The maximum Gasteiger partial charge on any atom is 0.322 e. The highest BCUT2D eigenvalue weighted by Crippen LogP contribution is 2.40. The Kier molecular flexibility index (Phi) is 2.67. The minimum Gasteiger partial charge on any atom is -0.323 e. The van der Waals surface area contributed by atoms with Gasteiger partial charge in [-0.15, -0.1) is 0 Å². The Morgan fingerprint density at radius 2 is 2.27 bits per heavy atom. The molecule has 0 bridgehead atoms. The average Bonchev–Trinajstić information content (AvgIpc) is 2.70. The van der Waals surface area contributed by atoms with Crippen LogP contribution in [-0.4, -0.2) is 17.5 Å². The number of carbonyl (C=O) groups is 2. The van der Waals surface area contributed by atoms with Crippen molar-refractivity contribution in [1.82, 2.24) is 10.6 Å². The van der Waals surface area contributed by atoms with Crippen LogP contribution in [0, 0.1) is 5.92 Å². The zero-order chi connectivity index (χ0) is 10.9. The van der Waals surface area contributed by atoms with Gasteiger partial charge in [0.15, 0.2) is 0 Å². The lowest BCUT2D eigenvalue weighted by molar-refractivity contribution is -0.125. The molecule has 84 valence electrons. The van der Waals surface area contributed by atoms with Gasteiger partial charge in [0.1, 0.15) is 5.54 Å². The Bertz CT molecular complexity index is 290. The van der Waals surface area contributed by atoms with Crippen LogP contribution in [-0.2, 0) is 4.79 Å². The van der Waals surface area contributed by atoms with Gasteiger partial charge in [-0.05, 0) is 25.2 Å². The molecule has 2 fully saturated rings. The number of carbonyl (C=O) groups excluding carboxylic acids is 2. The topological polar surface area (TPSA) is 58.2 Å². The second kappa shape index (κ2) is 3.83. The average molecular weight is 210 g/mol. The molecule has 4 heteroatoms. The Morgan fingerprint density at radius 3 is 2.87 bits per heavy atom. The maximum atomic E-state index is 11.8. The molecule has 15 heavy (non-hydrogen) atoms. The second-order valence-corrected chi connectivity index (χ2v) is 4.61. The van der Waals surface area contributed by atoms with Crippen molar-refractivity contribution >= 4 is 11.9 Å². The Hall–Kier alpha value is -1.06. The highest BCUT2D eigenvalue weighted by Gasteiger charge is 2.53. The van der Waals surface area contributed by atoms with Crippen molar-refractivity contribution < 1.29 is 9.59 Å². The van der Waals surface area contributed by atoms with Crippen molar-refractivity contribution in [2.24, 2.45) is 5.92 Å². The third-order valence-corrected chi connectivity index (χ3v) is 3.70. The summed E-state index contributed by atoms with van der Waals surface area (Å²) in [6.45, 7) is 2.15. The summed E-state index contributed by atoms with van der Waals surface area (Å²) in [4.78, 5) is 23.0.